The maximum absolute atomic E-state index is 15.1. The van der Waals surface area contributed by atoms with Gasteiger partial charge in [0.15, 0.2) is 5.78 Å². The van der Waals surface area contributed by atoms with Crippen molar-refractivity contribution >= 4 is 29.0 Å². The highest BCUT2D eigenvalue weighted by atomic mass is 35.5. The van der Waals surface area contributed by atoms with Crippen molar-refractivity contribution < 1.29 is 13.9 Å². The minimum absolute atomic E-state index is 0.0200. The normalized spacial score (nSPS) is 24.1. The Hall–Kier alpha value is -1.62. The molecule has 0 bridgehead atoms. The molecule has 36 heavy (non-hydrogen) atoms. The maximum atomic E-state index is 15.1. The van der Waals surface area contributed by atoms with Crippen LogP contribution in [0.3, 0.4) is 0 Å². The monoisotopic (exact) mass is 531 g/mol. The number of piperidine rings is 1. The van der Waals surface area contributed by atoms with Crippen molar-refractivity contribution in [2.75, 3.05) is 19.7 Å². The second kappa shape index (κ2) is 11.0. The van der Waals surface area contributed by atoms with Gasteiger partial charge in [-0.15, -0.1) is 0 Å². The summed E-state index contributed by atoms with van der Waals surface area (Å²) >= 11 is 12.4. The van der Waals surface area contributed by atoms with Gasteiger partial charge in [-0.25, -0.2) is 4.39 Å². The zero-order chi connectivity index (χ0) is 25.4. The predicted molar refractivity (Wildman–Crippen MR) is 144 cm³/mol. The molecule has 0 unspecified atom stereocenters. The SMILES string of the molecule is C[C@@H]1CCC[C@H]1C(=O)c1cc(C2CC2)c(OCC2CCN([C@@H](C)c3cc(Cl)cc(Cl)c3)CC2)cc1F. The first-order chi connectivity index (χ1) is 17.3. The first-order valence-corrected chi connectivity index (χ1v) is 14.3. The van der Waals surface area contributed by atoms with E-state index in [-0.39, 0.29) is 23.3 Å². The molecule has 1 aliphatic heterocycles. The number of hydrogen-bond donors (Lipinski definition) is 0. The Labute approximate surface area is 224 Å². The van der Waals surface area contributed by atoms with Crippen LogP contribution in [0.2, 0.25) is 10.0 Å². The molecule has 194 valence electrons. The summed E-state index contributed by atoms with van der Waals surface area (Å²) in [5.41, 5.74) is 2.43. The Morgan fingerprint density at radius 1 is 1.03 bits per heavy atom. The van der Waals surface area contributed by atoms with Crippen molar-refractivity contribution in [3.8, 4) is 5.75 Å². The highest BCUT2D eigenvalue weighted by Gasteiger charge is 2.35. The molecule has 1 saturated heterocycles. The number of benzene rings is 2. The smallest absolute Gasteiger partial charge is 0.169 e. The van der Waals surface area contributed by atoms with E-state index in [1.54, 1.807) is 6.07 Å². The van der Waals surface area contributed by atoms with Crippen molar-refractivity contribution in [2.24, 2.45) is 17.8 Å². The summed E-state index contributed by atoms with van der Waals surface area (Å²) in [4.78, 5) is 15.6. The van der Waals surface area contributed by atoms with Gasteiger partial charge in [-0.3, -0.25) is 9.69 Å². The first-order valence-electron chi connectivity index (χ1n) is 13.5. The number of carbonyl (C=O) groups excluding carboxylic acids is 1. The first kappa shape index (κ1) is 26.0. The van der Waals surface area contributed by atoms with E-state index in [0.717, 1.165) is 69.2 Å². The number of nitrogens with zero attached hydrogens (tertiary/aromatic N) is 1. The van der Waals surface area contributed by atoms with Crippen molar-refractivity contribution in [3.63, 3.8) is 0 Å². The molecule has 5 rings (SSSR count). The van der Waals surface area contributed by atoms with Crippen LogP contribution in [0.4, 0.5) is 4.39 Å². The van der Waals surface area contributed by atoms with E-state index in [0.29, 0.717) is 40.2 Å². The minimum Gasteiger partial charge on any atom is -0.493 e. The summed E-state index contributed by atoms with van der Waals surface area (Å²) in [6, 6.07) is 9.29. The highest BCUT2D eigenvalue weighted by molar-refractivity contribution is 6.34. The molecular formula is C30H36Cl2FNO2. The van der Waals surface area contributed by atoms with Gasteiger partial charge in [-0.05, 0) is 112 Å². The summed E-state index contributed by atoms with van der Waals surface area (Å²) in [5.74, 6) is 1.29. The molecule has 2 saturated carbocycles. The number of hydrogen-bond acceptors (Lipinski definition) is 3. The molecular weight excluding hydrogens is 496 g/mol. The number of likely N-dealkylation sites (tertiary alicyclic amines) is 1. The molecule has 1 heterocycles. The molecule has 3 atom stereocenters. The Kier molecular flexibility index (Phi) is 7.95. The summed E-state index contributed by atoms with van der Waals surface area (Å²) in [5, 5.41) is 1.33. The zero-order valence-corrected chi connectivity index (χ0v) is 22.8. The molecule has 3 fully saturated rings. The molecule has 3 aliphatic rings. The fourth-order valence-electron chi connectivity index (χ4n) is 6.08. The quantitative estimate of drug-likeness (QED) is 0.320. The average Bonchev–Trinajstić information content (AvgIpc) is 3.61. The lowest BCUT2D eigenvalue weighted by molar-refractivity contribution is 0.0892. The van der Waals surface area contributed by atoms with Crippen LogP contribution >= 0.6 is 23.2 Å². The molecule has 0 amide bonds. The second-order valence-corrected chi connectivity index (χ2v) is 12.1. The van der Waals surface area contributed by atoms with Crippen LogP contribution in [0.15, 0.2) is 30.3 Å². The third-order valence-electron chi connectivity index (χ3n) is 8.62. The summed E-state index contributed by atoms with van der Waals surface area (Å²) in [6.45, 7) is 6.82. The van der Waals surface area contributed by atoms with E-state index < -0.39 is 5.82 Å². The number of ketones is 1. The van der Waals surface area contributed by atoms with Crippen LogP contribution in [0, 0.1) is 23.6 Å². The Balaban J connectivity index is 1.21. The molecule has 0 aromatic heterocycles. The summed E-state index contributed by atoms with van der Waals surface area (Å²) < 4.78 is 21.4. The Bertz CT molecular complexity index is 1090. The van der Waals surface area contributed by atoms with Crippen molar-refractivity contribution in [1.82, 2.24) is 4.90 Å². The predicted octanol–water partition coefficient (Wildman–Crippen LogP) is 8.48. The van der Waals surface area contributed by atoms with Crippen molar-refractivity contribution in [2.45, 2.75) is 70.8 Å². The van der Waals surface area contributed by atoms with E-state index in [4.69, 9.17) is 27.9 Å². The third kappa shape index (κ3) is 5.76. The van der Waals surface area contributed by atoms with Gasteiger partial charge in [0.05, 0.1) is 12.2 Å². The van der Waals surface area contributed by atoms with E-state index in [1.807, 2.05) is 18.2 Å². The molecule has 0 spiro atoms. The molecule has 2 aliphatic carbocycles. The number of rotatable bonds is 8. The second-order valence-electron chi connectivity index (χ2n) is 11.2. The van der Waals surface area contributed by atoms with Gasteiger partial charge < -0.3 is 4.74 Å². The van der Waals surface area contributed by atoms with Gasteiger partial charge in [-0.1, -0.05) is 36.5 Å². The number of carbonyl (C=O) groups is 1. The third-order valence-corrected chi connectivity index (χ3v) is 9.06. The van der Waals surface area contributed by atoms with Gasteiger partial charge in [0.2, 0.25) is 0 Å². The van der Waals surface area contributed by atoms with E-state index in [1.165, 1.54) is 6.07 Å². The van der Waals surface area contributed by atoms with Gasteiger partial charge in [-0.2, -0.15) is 0 Å². The molecule has 2 aromatic carbocycles. The fraction of sp³-hybridized carbons (Fsp3) is 0.567. The van der Waals surface area contributed by atoms with Crippen LogP contribution < -0.4 is 4.74 Å². The van der Waals surface area contributed by atoms with Crippen LogP contribution in [0.5, 0.6) is 5.75 Å². The van der Waals surface area contributed by atoms with Gasteiger partial charge >= 0.3 is 0 Å². The Morgan fingerprint density at radius 3 is 2.33 bits per heavy atom. The lowest BCUT2D eigenvalue weighted by Gasteiger charge is -2.36. The highest BCUT2D eigenvalue weighted by Crippen LogP contribution is 2.46. The van der Waals surface area contributed by atoms with Gasteiger partial charge in [0.25, 0.3) is 0 Å². The summed E-state index contributed by atoms with van der Waals surface area (Å²) in [7, 11) is 0. The molecule has 6 heteroatoms. The van der Waals surface area contributed by atoms with Crippen LogP contribution in [-0.2, 0) is 0 Å². The number of ether oxygens (including phenoxy) is 1. The Morgan fingerprint density at radius 2 is 1.72 bits per heavy atom. The lowest BCUT2D eigenvalue weighted by atomic mass is 9.88. The van der Waals surface area contributed by atoms with Crippen molar-refractivity contribution in [1.29, 1.82) is 0 Å². The standard InChI is InChI=1S/C30H36Cl2FNO2/c1-18-4-3-5-25(18)30(35)27-15-26(21-6-7-21)29(16-28(27)33)36-17-20-8-10-34(11-9-20)19(2)22-12-23(31)14-24(32)13-22/h12-16,18-21,25H,3-11,17H2,1-2H3/t18-,19+,25-/m1/s1. The minimum atomic E-state index is -0.428. The maximum Gasteiger partial charge on any atom is 0.169 e. The lowest BCUT2D eigenvalue weighted by Crippen LogP contribution is -2.37. The molecule has 0 radical (unpaired) electrons. The molecule has 2 aromatic rings. The van der Waals surface area contributed by atoms with Crippen molar-refractivity contribution in [3.05, 3.63) is 62.9 Å². The van der Waals surface area contributed by atoms with Gasteiger partial charge in [0.1, 0.15) is 11.6 Å². The average molecular weight is 533 g/mol. The summed E-state index contributed by atoms with van der Waals surface area (Å²) in [6.07, 6.45) is 7.20. The molecule has 0 N–H and O–H groups in total. The molecule has 3 nitrogen and oxygen atoms in total. The van der Waals surface area contributed by atoms with E-state index in [9.17, 15) is 4.79 Å². The fourth-order valence-corrected chi connectivity index (χ4v) is 6.62. The van der Waals surface area contributed by atoms with Crippen LogP contribution in [0.25, 0.3) is 0 Å². The number of Topliss-reactive ketones (excluding diaryl/α,β-unsaturated/α-hetero) is 1. The van der Waals surface area contributed by atoms with Crippen LogP contribution in [-0.4, -0.2) is 30.4 Å². The van der Waals surface area contributed by atoms with Crippen LogP contribution in [0.1, 0.15) is 92.2 Å². The zero-order valence-electron chi connectivity index (χ0n) is 21.2. The van der Waals surface area contributed by atoms with E-state index in [2.05, 4.69) is 18.7 Å². The van der Waals surface area contributed by atoms with E-state index >= 15 is 4.39 Å². The largest absolute Gasteiger partial charge is 0.493 e. The number of halogens is 3. The topological polar surface area (TPSA) is 29.5 Å². The van der Waals surface area contributed by atoms with Gasteiger partial charge in [0, 0.05) is 28.1 Å².